The molecule has 0 bridgehead atoms. The van der Waals surface area contributed by atoms with Crippen molar-refractivity contribution in [2.24, 2.45) is 5.73 Å². The van der Waals surface area contributed by atoms with E-state index in [0.29, 0.717) is 18.7 Å². The molecule has 1 fully saturated rings. The average molecular weight is 318 g/mol. The van der Waals surface area contributed by atoms with Crippen LogP contribution in [0.2, 0.25) is 0 Å². The third kappa shape index (κ3) is 4.34. The molecule has 0 radical (unpaired) electrons. The fraction of sp³-hybridized carbons (Fsp3) is 0.600. The summed E-state index contributed by atoms with van der Waals surface area (Å²) in [5.74, 6) is -0.197. The van der Waals surface area contributed by atoms with Gasteiger partial charge in [-0.2, -0.15) is 0 Å². The summed E-state index contributed by atoms with van der Waals surface area (Å²) in [6.07, 6.45) is -4.71. The van der Waals surface area contributed by atoms with Crippen LogP contribution in [0.5, 0.6) is 5.75 Å². The van der Waals surface area contributed by atoms with E-state index in [9.17, 15) is 13.2 Å². The molecular weight excluding hydrogens is 297 g/mol. The zero-order valence-electron chi connectivity index (χ0n) is 12.6. The standard InChI is InChI=1S/C15H21F3N2O2/c1-10-8-20(9-11(2)21-10)13(7-19)12-5-3-4-6-14(12)22-15(16,17)18/h3-6,10-11,13H,7-9,19H2,1-2H3/t10-,11+,13-/m1/s1. The Morgan fingerprint density at radius 2 is 1.86 bits per heavy atom. The highest BCUT2D eigenvalue weighted by Gasteiger charge is 2.35. The van der Waals surface area contributed by atoms with Gasteiger partial charge in [-0.1, -0.05) is 18.2 Å². The molecule has 1 aliphatic rings. The van der Waals surface area contributed by atoms with Gasteiger partial charge in [0.15, 0.2) is 0 Å². The second-order valence-corrected chi connectivity index (χ2v) is 5.55. The minimum absolute atomic E-state index is 0.00787. The van der Waals surface area contributed by atoms with Crippen LogP contribution >= 0.6 is 0 Å². The number of hydrogen-bond acceptors (Lipinski definition) is 4. The van der Waals surface area contributed by atoms with Crippen LogP contribution in [0.1, 0.15) is 25.5 Å². The van der Waals surface area contributed by atoms with Gasteiger partial charge in [-0.15, -0.1) is 13.2 Å². The lowest BCUT2D eigenvalue weighted by atomic mass is 10.0. The lowest BCUT2D eigenvalue weighted by Crippen LogP contribution is -2.48. The van der Waals surface area contributed by atoms with Crippen molar-refractivity contribution in [3.63, 3.8) is 0 Å². The molecule has 2 rings (SSSR count). The van der Waals surface area contributed by atoms with Crippen LogP contribution < -0.4 is 10.5 Å². The van der Waals surface area contributed by atoms with Crippen molar-refractivity contribution in [3.8, 4) is 5.75 Å². The van der Waals surface area contributed by atoms with Crippen LogP contribution in [0.25, 0.3) is 0 Å². The van der Waals surface area contributed by atoms with E-state index in [0.717, 1.165) is 0 Å². The van der Waals surface area contributed by atoms with Crippen molar-refractivity contribution < 1.29 is 22.6 Å². The molecule has 22 heavy (non-hydrogen) atoms. The van der Waals surface area contributed by atoms with E-state index in [4.69, 9.17) is 10.5 Å². The number of benzene rings is 1. The molecular formula is C15H21F3N2O2. The van der Waals surface area contributed by atoms with Crippen LogP contribution in [0, 0.1) is 0 Å². The highest BCUT2D eigenvalue weighted by Crippen LogP contribution is 2.33. The molecule has 2 N–H and O–H groups in total. The van der Waals surface area contributed by atoms with Crippen molar-refractivity contribution in [2.75, 3.05) is 19.6 Å². The average Bonchev–Trinajstić information content (AvgIpc) is 2.38. The summed E-state index contributed by atoms with van der Waals surface area (Å²) < 4.78 is 47.5. The van der Waals surface area contributed by atoms with Gasteiger partial charge >= 0.3 is 6.36 Å². The lowest BCUT2D eigenvalue weighted by Gasteiger charge is -2.40. The molecule has 0 spiro atoms. The molecule has 0 saturated carbocycles. The largest absolute Gasteiger partial charge is 0.573 e. The lowest BCUT2D eigenvalue weighted by molar-refractivity contribution is -0.275. The van der Waals surface area contributed by atoms with Crippen molar-refractivity contribution in [2.45, 2.75) is 38.5 Å². The number of halogens is 3. The van der Waals surface area contributed by atoms with Crippen LogP contribution in [0.15, 0.2) is 24.3 Å². The first-order valence-electron chi connectivity index (χ1n) is 7.24. The summed E-state index contributed by atoms with van der Waals surface area (Å²) in [5.41, 5.74) is 6.29. The maximum Gasteiger partial charge on any atom is 0.573 e. The molecule has 0 unspecified atom stereocenters. The highest BCUT2D eigenvalue weighted by atomic mass is 19.4. The van der Waals surface area contributed by atoms with E-state index in [2.05, 4.69) is 9.64 Å². The molecule has 0 aromatic heterocycles. The van der Waals surface area contributed by atoms with Crippen LogP contribution in [-0.4, -0.2) is 43.1 Å². The van der Waals surface area contributed by atoms with E-state index in [1.165, 1.54) is 12.1 Å². The van der Waals surface area contributed by atoms with Crippen molar-refractivity contribution in [1.82, 2.24) is 4.90 Å². The van der Waals surface area contributed by atoms with Gasteiger partial charge < -0.3 is 15.2 Å². The number of morpholine rings is 1. The third-order valence-electron chi connectivity index (χ3n) is 3.62. The Hall–Kier alpha value is -1.31. The molecule has 0 aliphatic carbocycles. The first-order valence-corrected chi connectivity index (χ1v) is 7.24. The minimum atomic E-state index is -4.72. The third-order valence-corrected chi connectivity index (χ3v) is 3.62. The summed E-state index contributed by atoms with van der Waals surface area (Å²) in [4.78, 5) is 2.05. The van der Waals surface area contributed by atoms with E-state index < -0.39 is 6.36 Å². The van der Waals surface area contributed by atoms with Gasteiger partial charge in [0.1, 0.15) is 5.75 Å². The Labute approximate surface area is 128 Å². The van der Waals surface area contributed by atoms with Gasteiger partial charge in [-0.05, 0) is 19.9 Å². The van der Waals surface area contributed by atoms with E-state index >= 15 is 0 Å². The summed E-state index contributed by atoms with van der Waals surface area (Å²) >= 11 is 0. The minimum Gasteiger partial charge on any atom is -0.405 e. The molecule has 1 saturated heterocycles. The predicted molar refractivity (Wildman–Crippen MR) is 76.5 cm³/mol. The van der Waals surface area contributed by atoms with Gasteiger partial charge in [0, 0.05) is 25.2 Å². The zero-order chi connectivity index (χ0) is 16.3. The number of hydrogen-bond donors (Lipinski definition) is 1. The molecule has 7 heteroatoms. The Kier molecular flexibility index (Phi) is 5.31. The first kappa shape index (κ1) is 17.1. The van der Waals surface area contributed by atoms with Crippen molar-refractivity contribution >= 4 is 0 Å². The normalized spacial score (nSPS) is 25.0. The Morgan fingerprint density at radius 1 is 1.27 bits per heavy atom. The summed E-state index contributed by atoms with van der Waals surface area (Å²) in [6, 6.07) is 5.81. The molecule has 1 aliphatic heterocycles. The van der Waals surface area contributed by atoms with Gasteiger partial charge in [-0.25, -0.2) is 0 Å². The van der Waals surface area contributed by atoms with E-state index in [-0.39, 0.29) is 30.5 Å². The molecule has 1 aromatic rings. The monoisotopic (exact) mass is 318 g/mol. The molecule has 124 valence electrons. The smallest absolute Gasteiger partial charge is 0.405 e. The van der Waals surface area contributed by atoms with Crippen LogP contribution in [0.3, 0.4) is 0 Å². The SMILES string of the molecule is C[C@@H]1CN([C@H](CN)c2ccccc2OC(F)(F)F)C[C@H](C)O1. The van der Waals surface area contributed by atoms with Gasteiger partial charge in [-0.3, -0.25) is 4.90 Å². The van der Waals surface area contributed by atoms with Gasteiger partial charge in [0.2, 0.25) is 0 Å². The highest BCUT2D eigenvalue weighted by molar-refractivity contribution is 5.36. The summed E-state index contributed by atoms with van der Waals surface area (Å²) in [5, 5.41) is 0. The zero-order valence-corrected chi connectivity index (χ0v) is 12.6. The predicted octanol–water partition coefficient (Wildman–Crippen LogP) is 2.69. The van der Waals surface area contributed by atoms with E-state index in [1.54, 1.807) is 12.1 Å². The quantitative estimate of drug-likeness (QED) is 0.927. The summed E-state index contributed by atoms with van der Waals surface area (Å²) in [7, 11) is 0. The van der Waals surface area contributed by atoms with E-state index in [1.807, 2.05) is 13.8 Å². The molecule has 0 amide bonds. The fourth-order valence-corrected chi connectivity index (χ4v) is 2.92. The van der Waals surface area contributed by atoms with Crippen LogP contribution in [0.4, 0.5) is 13.2 Å². The van der Waals surface area contributed by atoms with Gasteiger partial charge in [0.25, 0.3) is 0 Å². The maximum atomic E-state index is 12.6. The second-order valence-electron chi connectivity index (χ2n) is 5.55. The Morgan fingerprint density at radius 3 is 2.41 bits per heavy atom. The maximum absolute atomic E-state index is 12.6. The number of rotatable bonds is 4. The van der Waals surface area contributed by atoms with Crippen molar-refractivity contribution in [3.05, 3.63) is 29.8 Å². The molecule has 4 nitrogen and oxygen atoms in total. The number of nitrogens with two attached hydrogens (primary N) is 1. The molecule has 1 heterocycles. The van der Waals surface area contributed by atoms with Gasteiger partial charge in [0.05, 0.1) is 18.2 Å². The van der Waals surface area contributed by atoms with Crippen molar-refractivity contribution in [1.29, 1.82) is 0 Å². The fourth-order valence-electron chi connectivity index (χ4n) is 2.92. The second kappa shape index (κ2) is 6.85. The number of ether oxygens (including phenoxy) is 2. The first-order chi connectivity index (χ1) is 10.3. The Bertz CT molecular complexity index is 486. The molecule has 3 atom stereocenters. The number of para-hydroxylation sites is 1. The summed E-state index contributed by atoms with van der Waals surface area (Å²) in [6.45, 7) is 5.32. The number of nitrogens with zero attached hydrogens (tertiary/aromatic N) is 1. The topological polar surface area (TPSA) is 47.7 Å². The molecule has 1 aromatic carbocycles. The van der Waals surface area contributed by atoms with Crippen LogP contribution in [-0.2, 0) is 4.74 Å². The number of alkyl halides is 3. The Balaban J connectivity index is 2.27.